The van der Waals surface area contributed by atoms with Crippen molar-refractivity contribution in [2.45, 2.75) is 27.1 Å². The van der Waals surface area contributed by atoms with E-state index in [1.165, 1.54) is 11.1 Å². The van der Waals surface area contributed by atoms with Gasteiger partial charge in [-0.15, -0.1) is 0 Å². The maximum atomic E-state index is 12.8. The van der Waals surface area contributed by atoms with Gasteiger partial charge in [-0.3, -0.25) is 9.69 Å². The van der Waals surface area contributed by atoms with E-state index >= 15 is 0 Å². The van der Waals surface area contributed by atoms with Crippen LogP contribution in [0.2, 0.25) is 5.02 Å². The summed E-state index contributed by atoms with van der Waals surface area (Å²) in [6.07, 6.45) is 1.77. The molecule has 0 unspecified atom stereocenters. The first kappa shape index (κ1) is 21.4. The van der Waals surface area contributed by atoms with Gasteiger partial charge in [0.1, 0.15) is 5.75 Å². The number of aryl methyl sites for hydroxylation is 2. The molecule has 0 bridgehead atoms. The van der Waals surface area contributed by atoms with Crippen LogP contribution in [-0.4, -0.2) is 51.7 Å². The molecule has 0 atom stereocenters. The second kappa shape index (κ2) is 9.54. The molecular formula is C24H27ClN4O2. The van der Waals surface area contributed by atoms with E-state index in [9.17, 15) is 4.79 Å². The first-order valence-electron chi connectivity index (χ1n) is 10.5. The lowest BCUT2D eigenvalue weighted by Crippen LogP contribution is -2.48. The zero-order chi connectivity index (χ0) is 21.8. The lowest BCUT2D eigenvalue weighted by Gasteiger charge is -2.34. The Bertz CT molecular complexity index is 1040. The number of rotatable bonds is 6. The molecule has 4 rings (SSSR count). The molecule has 162 valence electrons. The Morgan fingerprint density at radius 2 is 1.77 bits per heavy atom. The monoisotopic (exact) mass is 438 g/mol. The van der Waals surface area contributed by atoms with Crippen LogP contribution in [0.25, 0.3) is 0 Å². The van der Waals surface area contributed by atoms with Crippen molar-refractivity contribution >= 4 is 17.5 Å². The number of piperazine rings is 1. The van der Waals surface area contributed by atoms with Crippen LogP contribution in [0.3, 0.4) is 0 Å². The van der Waals surface area contributed by atoms with Crippen molar-refractivity contribution in [2.24, 2.45) is 0 Å². The Morgan fingerprint density at radius 1 is 1.03 bits per heavy atom. The molecule has 1 aliphatic rings. The first-order chi connectivity index (χ1) is 15.0. The molecule has 1 saturated heterocycles. The third kappa shape index (κ3) is 5.46. The van der Waals surface area contributed by atoms with Gasteiger partial charge in [-0.05, 0) is 49.2 Å². The molecule has 0 saturated carbocycles. The predicted molar refractivity (Wildman–Crippen MR) is 121 cm³/mol. The molecule has 31 heavy (non-hydrogen) atoms. The quantitative estimate of drug-likeness (QED) is 0.580. The molecule has 1 aliphatic heterocycles. The van der Waals surface area contributed by atoms with E-state index in [0.29, 0.717) is 23.8 Å². The Kier molecular flexibility index (Phi) is 6.59. The maximum absolute atomic E-state index is 12.8. The van der Waals surface area contributed by atoms with E-state index in [0.717, 1.165) is 30.9 Å². The van der Waals surface area contributed by atoms with Gasteiger partial charge in [-0.2, -0.15) is 5.10 Å². The number of aromatic nitrogens is 2. The Labute approximate surface area is 188 Å². The fraction of sp³-hybridized carbons (Fsp3) is 0.333. The van der Waals surface area contributed by atoms with E-state index in [2.05, 4.69) is 41.2 Å². The highest BCUT2D eigenvalue weighted by atomic mass is 35.5. The van der Waals surface area contributed by atoms with E-state index in [1.54, 1.807) is 16.9 Å². The molecule has 1 amide bonds. The molecule has 0 radical (unpaired) electrons. The summed E-state index contributed by atoms with van der Waals surface area (Å²) in [6, 6.07) is 15.9. The average molecular weight is 439 g/mol. The minimum Gasteiger partial charge on any atom is -0.471 e. The number of ether oxygens (including phenoxy) is 1. The summed E-state index contributed by atoms with van der Waals surface area (Å²) in [5.41, 5.74) is 3.98. The van der Waals surface area contributed by atoms with Gasteiger partial charge < -0.3 is 9.64 Å². The van der Waals surface area contributed by atoms with Crippen molar-refractivity contribution in [3.05, 3.63) is 82.1 Å². The number of hydrogen-bond acceptors (Lipinski definition) is 4. The van der Waals surface area contributed by atoms with Crippen molar-refractivity contribution in [3.8, 4) is 5.75 Å². The summed E-state index contributed by atoms with van der Waals surface area (Å²) < 4.78 is 7.38. The van der Waals surface area contributed by atoms with Crippen LogP contribution < -0.4 is 4.74 Å². The number of halogens is 1. The van der Waals surface area contributed by atoms with Gasteiger partial charge in [0, 0.05) is 43.9 Å². The Hall–Kier alpha value is -2.83. The summed E-state index contributed by atoms with van der Waals surface area (Å²) in [5.74, 6) is 0.686. The molecule has 0 N–H and O–H groups in total. The summed E-state index contributed by atoms with van der Waals surface area (Å²) in [4.78, 5) is 17.1. The molecule has 6 nitrogen and oxygen atoms in total. The van der Waals surface area contributed by atoms with Crippen LogP contribution in [0.1, 0.15) is 27.2 Å². The second-order valence-electron chi connectivity index (χ2n) is 7.98. The molecule has 0 aliphatic carbocycles. The van der Waals surface area contributed by atoms with Crippen LogP contribution in [0, 0.1) is 13.8 Å². The normalized spacial score (nSPS) is 14.6. The third-order valence-electron chi connectivity index (χ3n) is 5.54. The number of carbonyl (C=O) groups excluding carboxylic acids is 1. The van der Waals surface area contributed by atoms with E-state index in [1.807, 2.05) is 30.0 Å². The molecule has 1 aromatic heterocycles. The Morgan fingerprint density at radius 3 is 2.48 bits per heavy atom. The van der Waals surface area contributed by atoms with Crippen LogP contribution >= 0.6 is 11.6 Å². The largest absolute Gasteiger partial charge is 0.471 e. The van der Waals surface area contributed by atoms with Crippen molar-refractivity contribution in [3.63, 3.8) is 0 Å². The number of amides is 1. The molecule has 3 aromatic rings. The van der Waals surface area contributed by atoms with Crippen molar-refractivity contribution in [2.75, 3.05) is 26.2 Å². The van der Waals surface area contributed by atoms with Crippen LogP contribution in [0.15, 0.2) is 54.7 Å². The fourth-order valence-electron chi connectivity index (χ4n) is 3.62. The molecule has 0 spiro atoms. The summed E-state index contributed by atoms with van der Waals surface area (Å²) in [7, 11) is 0. The summed E-state index contributed by atoms with van der Waals surface area (Å²) >= 11 is 6.05. The van der Waals surface area contributed by atoms with Gasteiger partial charge in [-0.25, -0.2) is 4.68 Å². The van der Waals surface area contributed by atoms with Crippen molar-refractivity contribution in [1.29, 1.82) is 0 Å². The zero-order valence-corrected chi connectivity index (χ0v) is 18.7. The highest BCUT2D eigenvalue weighted by Crippen LogP contribution is 2.21. The number of benzene rings is 2. The van der Waals surface area contributed by atoms with Gasteiger partial charge in [0.05, 0.1) is 0 Å². The lowest BCUT2D eigenvalue weighted by molar-refractivity contribution is 0.0621. The smallest absolute Gasteiger partial charge is 0.274 e. The summed E-state index contributed by atoms with van der Waals surface area (Å²) in [5, 5.41) is 5.10. The van der Waals surface area contributed by atoms with Gasteiger partial charge >= 0.3 is 0 Å². The van der Waals surface area contributed by atoms with Gasteiger partial charge in [-0.1, -0.05) is 41.4 Å². The highest BCUT2D eigenvalue weighted by molar-refractivity contribution is 6.31. The average Bonchev–Trinajstić information content (AvgIpc) is 3.25. The molecule has 2 heterocycles. The van der Waals surface area contributed by atoms with Gasteiger partial charge in [0.2, 0.25) is 0 Å². The standard InChI is InChI=1S/C24H27ClN4O2/c1-18-3-5-20(6-4-18)16-27-11-13-28(14-12-27)24(30)23-9-10-29(26-23)17-31-21-7-8-22(25)19(2)15-21/h3-10,15H,11-14,16-17H2,1-2H3. The van der Waals surface area contributed by atoms with Crippen LogP contribution in [0.5, 0.6) is 5.75 Å². The van der Waals surface area contributed by atoms with Crippen molar-refractivity contribution < 1.29 is 9.53 Å². The van der Waals surface area contributed by atoms with E-state index in [4.69, 9.17) is 16.3 Å². The van der Waals surface area contributed by atoms with E-state index in [-0.39, 0.29) is 12.6 Å². The second-order valence-corrected chi connectivity index (χ2v) is 8.39. The number of nitrogens with zero attached hydrogens (tertiary/aromatic N) is 4. The fourth-order valence-corrected chi connectivity index (χ4v) is 3.74. The van der Waals surface area contributed by atoms with Crippen molar-refractivity contribution in [1.82, 2.24) is 19.6 Å². The number of carbonyl (C=O) groups is 1. The zero-order valence-electron chi connectivity index (χ0n) is 17.9. The third-order valence-corrected chi connectivity index (χ3v) is 5.96. The molecule has 2 aromatic carbocycles. The lowest BCUT2D eigenvalue weighted by atomic mass is 10.1. The minimum atomic E-state index is -0.0314. The predicted octanol–water partition coefficient (Wildman–Crippen LogP) is 4.15. The minimum absolute atomic E-state index is 0.0314. The maximum Gasteiger partial charge on any atom is 0.274 e. The highest BCUT2D eigenvalue weighted by Gasteiger charge is 2.23. The summed E-state index contributed by atoms with van der Waals surface area (Å²) in [6.45, 7) is 8.31. The Balaban J connectivity index is 1.27. The number of hydrogen-bond donors (Lipinski definition) is 0. The van der Waals surface area contributed by atoms with Crippen LogP contribution in [0.4, 0.5) is 0 Å². The van der Waals surface area contributed by atoms with Gasteiger partial charge in [0.25, 0.3) is 5.91 Å². The topological polar surface area (TPSA) is 50.6 Å². The van der Waals surface area contributed by atoms with E-state index < -0.39 is 0 Å². The molecule has 7 heteroatoms. The van der Waals surface area contributed by atoms with Gasteiger partial charge in [0.15, 0.2) is 12.4 Å². The SMILES string of the molecule is Cc1ccc(CN2CCN(C(=O)c3ccn(COc4ccc(Cl)c(C)c4)n3)CC2)cc1. The van der Waals surface area contributed by atoms with Crippen LogP contribution in [-0.2, 0) is 13.3 Å². The molecule has 1 fully saturated rings. The first-order valence-corrected chi connectivity index (χ1v) is 10.9. The molecular weight excluding hydrogens is 412 g/mol.